The van der Waals surface area contributed by atoms with E-state index in [0.29, 0.717) is 5.25 Å². The van der Waals surface area contributed by atoms with Crippen molar-refractivity contribution in [3.05, 3.63) is 82.4 Å². The van der Waals surface area contributed by atoms with Crippen LogP contribution in [0.15, 0.2) is 59.7 Å². The summed E-state index contributed by atoms with van der Waals surface area (Å²) >= 11 is 7.98. The first kappa shape index (κ1) is 18.8. The van der Waals surface area contributed by atoms with Crippen LogP contribution in [0.3, 0.4) is 0 Å². The van der Waals surface area contributed by atoms with Crippen LogP contribution in [0.1, 0.15) is 41.7 Å². The zero-order chi connectivity index (χ0) is 20.1. The van der Waals surface area contributed by atoms with Crippen molar-refractivity contribution in [1.29, 1.82) is 0 Å². The number of aliphatic imine (C=N–C) groups is 1. The molecule has 3 aromatic rings. The number of hydrogen-bond acceptors (Lipinski definition) is 4. The van der Waals surface area contributed by atoms with Gasteiger partial charge < -0.3 is 9.47 Å². The van der Waals surface area contributed by atoms with Gasteiger partial charge in [-0.2, -0.15) is 0 Å². The van der Waals surface area contributed by atoms with E-state index in [2.05, 4.69) is 65.6 Å². The van der Waals surface area contributed by atoms with Crippen molar-refractivity contribution < 1.29 is 0 Å². The Morgan fingerprint density at radius 2 is 1.90 bits per heavy atom. The first-order valence-corrected chi connectivity index (χ1v) is 11.2. The van der Waals surface area contributed by atoms with Crippen molar-refractivity contribution in [2.75, 3.05) is 6.54 Å². The van der Waals surface area contributed by atoms with Crippen LogP contribution in [-0.4, -0.2) is 31.4 Å². The van der Waals surface area contributed by atoms with E-state index in [4.69, 9.17) is 16.6 Å². The zero-order valence-corrected chi connectivity index (χ0v) is 18.3. The number of aromatic nitrogens is 2. The highest BCUT2D eigenvalue weighted by atomic mass is 35.5. The molecule has 1 saturated heterocycles. The van der Waals surface area contributed by atoms with Crippen LogP contribution >= 0.6 is 23.4 Å². The lowest BCUT2D eigenvalue weighted by molar-refractivity contribution is 0.320. The number of nitrogens with zero attached hydrogens (tertiary/aromatic N) is 4. The van der Waals surface area contributed by atoms with Crippen LogP contribution in [0.2, 0.25) is 5.02 Å². The summed E-state index contributed by atoms with van der Waals surface area (Å²) in [7, 11) is 0. The van der Waals surface area contributed by atoms with Gasteiger partial charge in [0, 0.05) is 40.1 Å². The van der Waals surface area contributed by atoms with Crippen LogP contribution in [0.5, 0.6) is 0 Å². The van der Waals surface area contributed by atoms with Crippen LogP contribution < -0.4 is 0 Å². The molecule has 2 aliphatic rings. The first-order chi connectivity index (χ1) is 14.0. The summed E-state index contributed by atoms with van der Waals surface area (Å²) in [6.07, 6.45) is 1.86. The molecule has 0 N–H and O–H groups in total. The van der Waals surface area contributed by atoms with Crippen molar-refractivity contribution in [3.63, 3.8) is 0 Å². The summed E-state index contributed by atoms with van der Waals surface area (Å²) in [5, 5.41) is 2.46. The fourth-order valence-electron chi connectivity index (χ4n) is 4.53. The molecule has 4 heterocycles. The van der Waals surface area contributed by atoms with Gasteiger partial charge in [-0.3, -0.25) is 9.98 Å². The van der Waals surface area contributed by atoms with Gasteiger partial charge >= 0.3 is 0 Å². The van der Waals surface area contributed by atoms with E-state index in [9.17, 15) is 0 Å². The third-order valence-electron chi connectivity index (χ3n) is 5.76. The molecular weight excluding hydrogens is 400 g/mol. The van der Waals surface area contributed by atoms with Gasteiger partial charge in [-0.05, 0) is 61.9 Å². The molecule has 6 heteroatoms. The Morgan fingerprint density at radius 1 is 1.10 bits per heavy atom. The summed E-state index contributed by atoms with van der Waals surface area (Å²) < 4.78 is 2.31. The van der Waals surface area contributed by atoms with Crippen LogP contribution in [-0.2, 0) is 0 Å². The fourth-order valence-corrected chi connectivity index (χ4v) is 5.75. The van der Waals surface area contributed by atoms with Crippen LogP contribution in [0.4, 0.5) is 0 Å². The molecule has 29 heavy (non-hydrogen) atoms. The monoisotopic (exact) mass is 422 g/mol. The SMILES string of the molecule is Cc1cc(C2C(c3ccccn3)N=C3SC(C)CN32)c(C)n1-c1ccc(Cl)cc1. The second-order valence-electron chi connectivity index (χ2n) is 7.78. The van der Waals surface area contributed by atoms with Crippen molar-refractivity contribution in [3.8, 4) is 5.69 Å². The Balaban J connectivity index is 1.62. The molecule has 1 aromatic carbocycles. The highest BCUT2D eigenvalue weighted by molar-refractivity contribution is 8.14. The largest absolute Gasteiger partial charge is 0.341 e. The Labute approximate surface area is 180 Å². The van der Waals surface area contributed by atoms with Gasteiger partial charge in [0.15, 0.2) is 5.17 Å². The maximum Gasteiger partial charge on any atom is 0.160 e. The Kier molecular flexibility index (Phi) is 4.67. The van der Waals surface area contributed by atoms with Crippen molar-refractivity contribution in [2.45, 2.75) is 38.1 Å². The molecule has 148 valence electrons. The minimum Gasteiger partial charge on any atom is -0.341 e. The molecule has 2 aliphatic heterocycles. The molecule has 3 atom stereocenters. The van der Waals surface area contributed by atoms with Gasteiger partial charge in [0.2, 0.25) is 0 Å². The smallest absolute Gasteiger partial charge is 0.160 e. The predicted octanol–water partition coefficient (Wildman–Crippen LogP) is 5.73. The van der Waals surface area contributed by atoms with E-state index >= 15 is 0 Å². The van der Waals surface area contributed by atoms with Crippen molar-refractivity contribution in [1.82, 2.24) is 14.5 Å². The summed E-state index contributed by atoms with van der Waals surface area (Å²) in [6, 6.07) is 16.7. The molecular formula is C23H23ClN4S. The van der Waals surface area contributed by atoms with Gasteiger partial charge in [0.1, 0.15) is 6.04 Å². The van der Waals surface area contributed by atoms with Crippen molar-refractivity contribution in [2.24, 2.45) is 4.99 Å². The number of aryl methyl sites for hydroxylation is 1. The number of pyridine rings is 1. The molecule has 0 radical (unpaired) electrons. The Hall–Kier alpha value is -2.24. The molecule has 1 fully saturated rings. The van der Waals surface area contributed by atoms with Crippen molar-refractivity contribution >= 4 is 28.5 Å². The van der Waals surface area contributed by atoms with E-state index < -0.39 is 0 Å². The summed E-state index contributed by atoms with van der Waals surface area (Å²) in [5.41, 5.74) is 5.95. The molecule has 2 aromatic heterocycles. The number of benzene rings is 1. The number of fused-ring (bicyclic) bond motifs is 1. The summed E-state index contributed by atoms with van der Waals surface area (Å²) in [4.78, 5) is 12.2. The molecule has 0 aliphatic carbocycles. The first-order valence-electron chi connectivity index (χ1n) is 9.89. The van der Waals surface area contributed by atoms with Crippen LogP contribution in [0, 0.1) is 13.8 Å². The minimum absolute atomic E-state index is 0.0189. The third-order valence-corrected chi connectivity index (χ3v) is 7.11. The fraction of sp³-hybridized carbons (Fsp3) is 0.304. The van der Waals surface area contributed by atoms with Crippen LogP contribution in [0.25, 0.3) is 5.69 Å². The second-order valence-corrected chi connectivity index (χ2v) is 9.62. The topological polar surface area (TPSA) is 33.4 Å². The average Bonchev–Trinajstić information content (AvgIpc) is 3.33. The summed E-state index contributed by atoms with van der Waals surface area (Å²) in [5.74, 6) is 0. The second kappa shape index (κ2) is 7.22. The third kappa shape index (κ3) is 3.17. The quantitative estimate of drug-likeness (QED) is 0.540. The number of thioether (sulfide) groups is 1. The number of hydrogen-bond donors (Lipinski definition) is 0. The lowest BCUT2D eigenvalue weighted by Crippen LogP contribution is -2.28. The normalized spacial score (nSPS) is 23.4. The van der Waals surface area contributed by atoms with Gasteiger partial charge in [-0.15, -0.1) is 0 Å². The lowest BCUT2D eigenvalue weighted by atomic mass is 9.96. The molecule has 0 spiro atoms. The highest BCUT2D eigenvalue weighted by Gasteiger charge is 2.44. The average molecular weight is 423 g/mol. The van der Waals surface area contributed by atoms with Gasteiger partial charge in [0.05, 0.1) is 11.7 Å². The van der Waals surface area contributed by atoms with Gasteiger partial charge in [0.25, 0.3) is 0 Å². The van der Waals surface area contributed by atoms with E-state index in [1.807, 2.05) is 36.2 Å². The number of amidine groups is 1. The predicted molar refractivity (Wildman–Crippen MR) is 121 cm³/mol. The van der Waals surface area contributed by atoms with E-state index in [1.54, 1.807) is 0 Å². The van der Waals surface area contributed by atoms with E-state index in [1.165, 1.54) is 17.0 Å². The minimum atomic E-state index is 0.0189. The lowest BCUT2D eigenvalue weighted by Gasteiger charge is -2.27. The van der Waals surface area contributed by atoms with Gasteiger partial charge in [-0.1, -0.05) is 36.4 Å². The molecule has 0 saturated carbocycles. The summed E-state index contributed by atoms with van der Waals surface area (Å²) in [6.45, 7) is 7.66. The molecule has 0 amide bonds. The maximum absolute atomic E-state index is 6.11. The standard InChI is InChI=1S/C23H23ClN4S/c1-14-12-19(16(3)28(14)18-9-7-17(24)8-10-18)22-21(20-6-4-5-11-25-20)26-23-27(22)13-15(2)29-23/h4-12,15,21-22H,13H2,1-3H3. The maximum atomic E-state index is 6.11. The van der Waals surface area contributed by atoms with E-state index in [0.717, 1.165) is 28.1 Å². The molecule has 0 bridgehead atoms. The molecule has 5 rings (SSSR count). The molecule has 4 nitrogen and oxygen atoms in total. The van der Waals surface area contributed by atoms with Gasteiger partial charge in [-0.25, -0.2) is 0 Å². The van der Waals surface area contributed by atoms with E-state index in [-0.39, 0.29) is 12.1 Å². The Bertz CT molecular complexity index is 1070. The number of halogens is 1. The highest BCUT2D eigenvalue weighted by Crippen LogP contribution is 2.48. The molecule has 3 unspecified atom stereocenters. The zero-order valence-electron chi connectivity index (χ0n) is 16.7. The Morgan fingerprint density at radius 3 is 2.62 bits per heavy atom. The number of rotatable bonds is 3.